The number of piperazine rings is 1. The lowest BCUT2D eigenvalue weighted by molar-refractivity contribution is -0.139. The molecule has 1 rings (SSSR count). The van der Waals surface area contributed by atoms with Crippen LogP contribution in [0, 0.1) is 0 Å². The number of aliphatic carboxylic acids is 1. The van der Waals surface area contributed by atoms with Crippen molar-refractivity contribution in [3.63, 3.8) is 0 Å². The van der Waals surface area contributed by atoms with Gasteiger partial charge in [-0.25, -0.2) is 0 Å². The lowest BCUT2D eigenvalue weighted by atomic mass is 10.1. The van der Waals surface area contributed by atoms with Gasteiger partial charge in [0.25, 0.3) is 0 Å². The van der Waals surface area contributed by atoms with Crippen LogP contribution in [0.3, 0.4) is 0 Å². The van der Waals surface area contributed by atoms with Crippen LogP contribution in [0.1, 0.15) is 40.5 Å². The van der Waals surface area contributed by atoms with Crippen molar-refractivity contribution in [2.24, 2.45) is 0 Å². The highest BCUT2D eigenvalue weighted by atomic mass is 16.4. The highest BCUT2D eigenvalue weighted by molar-refractivity contribution is 5.81. The second-order valence-corrected chi connectivity index (χ2v) is 6.43. The molecule has 1 fully saturated rings. The van der Waals surface area contributed by atoms with E-state index in [-0.39, 0.29) is 24.3 Å². The van der Waals surface area contributed by atoms with Crippen molar-refractivity contribution in [3.8, 4) is 0 Å². The number of nitrogens with one attached hydrogen (secondary N) is 1. The standard InChI is InChI=1S/C8H15NO3.C7H16N2/c1-8(2,3)9-6(10)4-5-7(11)12;1-3-9-6-4-8(2)5-7-9/h4-5H2,1-3H3,(H,9,10)(H,11,12);3-7H2,1-2H3. The molecular formula is C15H31N3O3. The number of amides is 1. The van der Waals surface area contributed by atoms with Crippen LogP contribution < -0.4 is 5.32 Å². The number of rotatable bonds is 4. The van der Waals surface area contributed by atoms with Gasteiger partial charge in [0, 0.05) is 38.1 Å². The Morgan fingerprint density at radius 1 is 1.10 bits per heavy atom. The summed E-state index contributed by atoms with van der Waals surface area (Å²) >= 11 is 0. The molecule has 0 aromatic heterocycles. The molecule has 1 aliphatic rings. The highest BCUT2D eigenvalue weighted by Crippen LogP contribution is 2.00. The molecule has 0 atom stereocenters. The van der Waals surface area contributed by atoms with Crippen molar-refractivity contribution in [1.29, 1.82) is 0 Å². The molecule has 1 aliphatic heterocycles. The topological polar surface area (TPSA) is 72.9 Å². The zero-order chi connectivity index (χ0) is 16.5. The van der Waals surface area contributed by atoms with E-state index < -0.39 is 5.97 Å². The lowest BCUT2D eigenvalue weighted by Gasteiger charge is -2.31. The molecule has 1 amide bonds. The largest absolute Gasteiger partial charge is 0.481 e. The van der Waals surface area contributed by atoms with Crippen molar-refractivity contribution in [1.82, 2.24) is 15.1 Å². The van der Waals surface area contributed by atoms with Crippen molar-refractivity contribution in [3.05, 3.63) is 0 Å². The Hall–Kier alpha value is -1.14. The molecule has 21 heavy (non-hydrogen) atoms. The Bertz CT molecular complexity index is 319. The number of hydrogen-bond donors (Lipinski definition) is 2. The number of nitrogens with zero attached hydrogens (tertiary/aromatic N) is 2. The Balaban J connectivity index is 0.000000394. The monoisotopic (exact) mass is 301 g/mol. The Labute approximate surface area is 128 Å². The smallest absolute Gasteiger partial charge is 0.303 e. The van der Waals surface area contributed by atoms with E-state index in [4.69, 9.17) is 5.11 Å². The summed E-state index contributed by atoms with van der Waals surface area (Å²) in [5.41, 5.74) is -0.282. The lowest BCUT2D eigenvalue weighted by Crippen LogP contribution is -2.44. The van der Waals surface area contributed by atoms with Gasteiger partial charge in [-0.1, -0.05) is 6.92 Å². The molecule has 0 saturated carbocycles. The summed E-state index contributed by atoms with van der Waals surface area (Å²) in [6.07, 6.45) is -0.0610. The molecule has 6 heteroatoms. The summed E-state index contributed by atoms with van der Waals surface area (Å²) in [5, 5.41) is 11.0. The van der Waals surface area contributed by atoms with Crippen LogP contribution in [0.25, 0.3) is 0 Å². The summed E-state index contributed by atoms with van der Waals surface area (Å²) in [7, 11) is 2.19. The number of carbonyl (C=O) groups is 2. The third-order valence-corrected chi connectivity index (χ3v) is 3.12. The van der Waals surface area contributed by atoms with Gasteiger partial charge in [-0.05, 0) is 34.4 Å². The van der Waals surface area contributed by atoms with Crippen LogP contribution in [0.2, 0.25) is 0 Å². The molecule has 0 spiro atoms. The van der Waals surface area contributed by atoms with Crippen molar-refractivity contribution >= 4 is 11.9 Å². The first kappa shape index (κ1) is 19.9. The molecule has 0 radical (unpaired) electrons. The number of carbonyl (C=O) groups excluding carboxylic acids is 1. The average molecular weight is 301 g/mol. The van der Waals surface area contributed by atoms with Gasteiger partial charge in [0.1, 0.15) is 0 Å². The molecule has 124 valence electrons. The predicted molar refractivity (Wildman–Crippen MR) is 84.4 cm³/mol. The second-order valence-electron chi connectivity index (χ2n) is 6.43. The van der Waals surface area contributed by atoms with Gasteiger partial charge in [-0.3, -0.25) is 9.59 Å². The maximum atomic E-state index is 11.0. The number of hydrogen-bond acceptors (Lipinski definition) is 4. The Morgan fingerprint density at radius 3 is 2.00 bits per heavy atom. The minimum atomic E-state index is -0.945. The predicted octanol–water partition coefficient (Wildman–Crippen LogP) is 1.02. The number of carboxylic acid groups (broad SMARTS) is 1. The van der Waals surface area contributed by atoms with E-state index in [1.54, 1.807) is 0 Å². The fourth-order valence-electron chi connectivity index (χ4n) is 1.87. The van der Waals surface area contributed by atoms with E-state index in [9.17, 15) is 9.59 Å². The van der Waals surface area contributed by atoms with Crippen molar-refractivity contribution in [2.75, 3.05) is 39.8 Å². The van der Waals surface area contributed by atoms with Gasteiger partial charge < -0.3 is 20.2 Å². The molecule has 2 N–H and O–H groups in total. The number of carboxylic acids is 1. The minimum absolute atomic E-state index is 0.0482. The third kappa shape index (κ3) is 12.3. The molecule has 0 bridgehead atoms. The summed E-state index contributed by atoms with van der Waals surface area (Å²) in [6.45, 7) is 14.0. The Kier molecular flexibility index (Phi) is 9.21. The van der Waals surface area contributed by atoms with E-state index >= 15 is 0 Å². The first-order chi connectivity index (χ1) is 9.64. The zero-order valence-corrected chi connectivity index (χ0v) is 14.1. The molecular weight excluding hydrogens is 270 g/mol. The zero-order valence-electron chi connectivity index (χ0n) is 14.1. The Morgan fingerprint density at radius 2 is 1.62 bits per heavy atom. The summed E-state index contributed by atoms with van der Waals surface area (Å²) in [6, 6.07) is 0. The summed E-state index contributed by atoms with van der Waals surface area (Å²) in [5.74, 6) is -1.16. The fraction of sp³-hybridized carbons (Fsp3) is 0.867. The van der Waals surface area contributed by atoms with Crippen LogP contribution in [-0.4, -0.2) is 72.1 Å². The van der Waals surface area contributed by atoms with E-state index in [0.717, 1.165) is 0 Å². The van der Waals surface area contributed by atoms with Crippen LogP contribution in [0.5, 0.6) is 0 Å². The van der Waals surface area contributed by atoms with Gasteiger partial charge in [0.2, 0.25) is 5.91 Å². The summed E-state index contributed by atoms with van der Waals surface area (Å²) in [4.78, 5) is 25.9. The average Bonchev–Trinajstić information content (AvgIpc) is 2.36. The first-order valence-corrected chi connectivity index (χ1v) is 7.57. The normalized spacial score (nSPS) is 16.8. The van der Waals surface area contributed by atoms with Crippen molar-refractivity contribution in [2.45, 2.75) is 46.1 Å². The fourth-order valence-corrected chi connectivity index (χ4v) is 1.87. The SMILES string of the molecule is CC(C)(C)NC(=O)CCC(=O)O.CCN1CCN(C)CC1. The highest BCUT2D eigenvalue weighted by Gasteiger charge is 2.14. The quantitative estimate of drug-likeness (QED) is 0.811. The molecule has 0 aliphatic carbocycles. The van der Waals surface area contributed by atoms with E-state index in [1.807, 2.05) is 20.8 Å². The first-order valence-electron chi connectivity index (χ1n) is 7.57. The molecule has 6 nitrogen and oxygen atoms in total. The maximum Gasteiger partial charge on any atom is 0.303 e. The minimum Gasteiger partial charge on any atom is -0.481 e. The molecule has 1 saturated heterocycles. The second kappa shape index (κ2) is 9.73. The third-order valence-electron chi connectivity index (χ3n) is 3.12. The van der Waals surface area contributed by atoms with Crippen LogP contribution >= 0.6 is 0 Å². The summed E-state index contributed by atoms with van der Waals surface area (Å²) < 4.78 is 0. The molecule has 1 heterocycles. The van der Waals surface area contributed by atoms with E-state index in [0.29, 0.717) is 0 Å². The molecule has 0 aromatic rings. The maximum absolute atomic E-state index is 11.0. The van der Waals surface area contributed by atoms with E-state index in [1.165, 1.54) is 32.7 Å². The van der Waals surface area contributed by atoms with Gasteiger partial charge in [-0.2, -0.15) is 0 Å². The van der Waals surface area contributed by atoms with Crippen LogP contribution in [-0.2, 0) is 9.59 Å². The van der Waals surface area contributed by atoms with Crippen molar-refractivity contribution < 1.29 is 14.7 Å². The van der Waals surface area contributed by atoms with Crippen LogP contribution in [0.4, 0.5) is 0 Å². The number of likely N-dealkylation sites (N-methyl/N-ethyl adjacent to an activating group) is 2. The van der Waals surface area contributed by atoms with Crippen LogP contribution in [0.15, 0.2) is 0 Å². The molecule has 0 aromatic carbocycles. The van der Waals surface area contributed by atoms with Gasteiger partial charge >= 0.3 is 5.97 Å². The van der Waals surface area contributed by atoms with Gasteiger partial charge in [0.05, 0.1) is 6.42 Å². The van der Waals surface area contributed by atoms with Gasteiger partial charge in [0.15, 0.2) is 0 Å². The molecule has 0 unspecified atom stereocenters. The van der Waals surface area contributed by atoms with Gasteiger partial charge in [-0.15, -0.1) is 0 Å². The van der Waals surface area contributed by atoms with E-state index in [2.05, 4.69) is 29.1 Å².